The van der Waals surface area contributed by atoms with Gasteiger partial charge < -0.3 is 9.73 Å². The molecule has 1 aliphatic carbocycles. The number of hydrogen-bond acceptors (Lipinski definition) is 2. The Morgan fingerprint density at radius 2 is 2.10 bits per heavy atom. The Kier molecular flexibility index (Phi) is 3.91. The second kappa shape index (κ2) is 5.53. The first-order valence-electron chi connectivity index (χ1n) is 7.49. The molecule has 0 unspecified atom stereocenters. The molecular formula is C17H22BrNO. The molecule has 1 aromatic carbocycles. The summed E-state index contributed by atoms with van der Waals surface area (Å²) in [6, 6.07) is 4.27. The van der Waals surface area contributed by atoms with Crippen molar-refractivity contribution in [2.24, 2.45) is 5.92 Å². The average Bonchev–Trinajstić information content (AvgIpc) is 3.15. The van der Waals surface area contributed by atoms with E-state index in [0.717, 1.165) is 24.4 Å². The van der Waals surface area contributed by atoms with E-state index in [2.05, 4.69) is 54.2 Å². The van der Waals surface area contributed by atoms with Crippen molar-refractivity contribution in [1.82, 2.24) is 5.32 Å². The number of aryl methyl sites for hydroxylation is 1. The van der Waals surface area contributed by atoms with Crippen LogP contribution in [0.2, 0.25) is 0 Å². The fraction of sp³-hybridized carbons (Fsp3) is 0.529. The molecule has 0 saturated heterocycles. The minimum Gasteiger partial charge on any atom is -0.459 e. The van der Waals surface area contributed by atoms with Gasteiger partial charge in [0.2, 0.25) is 0 Å². The smallest absolute Gasteiger partial charge is 0.138 e. The molecule has 1 aliphatic rings. The normalized spacial score (nSPS) is 15.4. The minimum absolute atomic E-state index is 0.664. The number of furan rings is 1. The van der Waals surface area contributed by atoms with Gasteiger partial charge in [0.25, 0.3) is 0 Å². The Bertz CT molecular complexity index is 625. The van der Waals surface area contributed by atoms with Gasteiger partial charge in [-0.25, -0.2) is 0 Å². The molecule has 0 aliphatic heterocycles. The number of rotatable bonds is 5. The predicted molar refractivity (Wildman–Crippen MR) is 87.2 cm³/mol. The monoisotopic (exact) mass is 335 g/mol. The van der Waals surface area contributed by atoms with Gasteiger partial charge in [-0.3, -0.25) is 0 Å². The maximum absolute atomic E-state index is 6.20. The van der Waals surface area contributed by atoms with Crippen LogP contribution in [-0.4, -0.2) is 6.54 Å². The second-order valence-electron chi connectivity index (χ2n) is 6.31. The molecule has 3 heteroatoms. The van der Waals surface area contributed by atoms with Crippen molar-refractivity contribution in [3.8, 4) is 0 Å². The first-order chi connectivity index (χ1) is 9.58. The van der Waals surface area contributed by atoms with Crippen LogP contribution in [0.3, 0.4) is 0 Å². The fourth-order valence-electron chi connectivity index (χ4n) is 2.77. The van der Waals surface area contributed by atoms with Crippen molar-refractivity contribution < 1.29 is 4.42 Å². The standard InChI is InChI=1S/C17H22BrNO/c1-10(2)8-19-9-14-15(12-5-6-12)16-13(18)7-4-11(3)17(16)20-14/h4,7,10,12,19H,5-6,8-9H2,1-3H3. The van der Waals surface area contributed by atoms with Crippen molar-refractivity contribution >= 4 is 26.9 Å². The third-order valence-electron chi connectivity index (χ3n) is 3.92. The van der Waals surface area contributed by atoms with Crippen LogP contribution in [-0.2, 0) is 6.54 Å². The summed E-state index contributed by atoms with van der Waals surface area (Å²) >= 11 is 3.70. The van der Waals surface area contributed by atoms with Gasteiger partial charge in [-0.15, -0.1) is 0 Å². The van der Waals surface area contributed by atoms with Crippen LogP contribution >= 0.6 is 15.9 Å². The number of halogens is 1. The van der Waals surface area contributed by atoms with E-state index in [0.29, 0.717) is 11.8 Å². The number of hydrogen-bond donors (Lipinski definition) is 1. The maximum Gasteiger partial charge on any atom is 0.138 e. The van der Waals surface area contributed by atoms with Crippen LogP contribution in [0.25, 0.3) is 11.0 Å². The van der Waals surface area contributed by atoms with Crippen LogP contribution in [0.15, 0.2) is 21.0 Å². The van der Waals surface area contributed by atoms with E-state index in [9.17, 15) is 0 Å². The molecule has 1 saturated carbocycles. The van der Waals surface area contributed by atoms with E-state index in [1.54, 1.807) is 0 Å². The highest BCUT2D eigenvalue weighted by Crippen LogP contribution is 2.48. The van der Waals surface area contributed by atoms with Gasteiger partial charge in [0.05, 0.1) is 6.54 Å². The van der Waals surface area contributed by atoms with E-state index in [4.69, 9.17) is 4.42 Å². The summed E-state index contributed by atoms with van der Waals surface area (Å²) in [5.74, 6) is 2.50. The van der Waals surface area contributed by atoms with Crippen LogP contribution in [0.1, 0.15) is 49.5 Å². The van der Waals surface area contributed by atoms with Gasteiger partial charge >= 0.3 is 0 Å². The molecule has 1 heterocycles. The van der Waals surface area contributed by atoms with Crippen LogP contribution < -0.4 is 5.32 Å². The van der Waals surface area contributed by atoms with Crippen LogP contribution in [0, 0.1) is 12.8 Å². The molecule has 0 atom stereocenters. The van der Waals surface area contributed by atoms with Crippen molar-refractivity contribution in [1.29, 1.82) is 0 Å². The Morgan fingerprint density at radius 1 is 1.35 bits per heavy atom. The largest absolute Gasteiger partial charge is 0.459 e. The quantitative estimate of drug-likeness (QED) is 0.819. The Hall–Kier alpha value is -0.800. The third kappa shape index (κ3) is 2.66. The van der Waals surface area contributed by atoms with Crippen molar-refractivity contribution in [3.63, 3.8) is 0 Å². The summed E-state index contributed by atoms with van der Waals surface area (Å²) in [5, 5.41) is 4.81. The summed E-state index contributed by atoms with van der Waals surface area (Å²) in [7, 11) is 0. The first-order valence-corrected chi connectivity index (χ1v) is 8.28. The van der Waals surface area contributed by atoms with Gasteiger partial charge in [-0.1, -0.05) is 35.8 Å². The van der Waals surface area contributed by atoms with Gasteiger partial charge in [0.15, 0.2) is 0 Å². The highest BCUT2D eigenvalue weighted by Gasteiger charge is 2.31. The summed E-state index contributed by atoms with van der Waals surface area (Å²) in [5.41, 5.74) is 3.72. The van der Waals surface area contributed by atoms with E-state index in [1.165, 1.54) is 33.8 Å². The molecule has 20 heavy (non-hydrogen) atoms. The van der Waals surface area contributed by atoms with Gasteiger partial charge in [-0.05, 0) is 49.8 Å². The van der Waals surface area contributed by atoms with Gasteiger partial charge in [0, 0.05) is 15.4 Å². The topological polar surface area (TPSA) is 25.2 Å². The zero-order chi connectivity index (χ0) is 14.3. The molecule has 0 bridgehead atoms. The molecule has 0 amide bonds. The highest BCUT2D eigenvalue weighted by molar-refractivity contribution is 9.10. The SMILES string of the molecule is Cc1ccc(Br)c2c(C3CC3)c(CNCC(C)C)oc12. The number of benzene rings is 1. The number of nitrogens with one attached hydrogen (secondary N) is 1. The molecule has 0 spiro atoms. The Balaban J connectivity index is 2.00. The van der Waals surface area contributed by atoms with Crippen molar-refractivity contribution in [3.05, 3.63) is 33.5 Å². The number of fused-ring (bicyclic) bond motifs is 1. The molecule has 3 rings (SSSR count). The lowest BCUT2D eigenvalue weighted by molar-refractivity contribution is 0.480. The third-order valence-corrected chi connectivity index (χ3v) is 4.58. The molecule has 108 valence electrons. The average molecular weight is 336 g/mol. The van der Waals surface area contributed by atoms with Crippen molar-refractivity contribution in [2.45, 2.75) is 46.1 Å². The van der Waals surface area contributed by atoms with Gasteiger partial charge in [-0.2, -0.15) is 0 Å². The molecule has 0 radical (unpaired) electrons. The molecule has 2 aromatic rings. The highest BCUT2D eigenvalue weighted by atomic mass is 79.9. The Morgan fingerprint density at radius 3 is 2.75 bits per heavy atom. The van der Waals surface area contributed by atoms with E-state index in [1.807, 2.05) is 0 Å². The maximum atomic E-state index is 6.20. The zero-order valence-corrected chi connectivity index (χ0v) is 14.0. The van der Waals surface area contributed by atoms with Crippen LogP contribution in [0.4, 0.5) is 0 Å². The summed E-state index contributed by atoms with van der Waals surface area (Å²) in [6.07, 6.45) is 2.60. The second-order valence-corrected chi connectivity index (χ2v) is 7.16. The van der Waals surface area contributed by atoms with Crippen LogP contribution in [0.5, 0.6) is 0 Å². The molecule has 2 nitrogen and oxygen atoms in total. The lowest BCUT2D eigenvalue weighted by atomic mass is 10.0. The summed E-state index contributed by atoms with van der Waals surface area (Å²) in [6.45, 7) is 8.45. The van der Waals surface area contributed by atoms with E-state index in [-0.39, 0.29) is 0 Å². The predicted octanol–water partition coefficient (Wildman–Crippen LogP) is 5.13. The Labute approximate surface area is 129 Å². The van der Waals surface area contributed by atoms with E-state index < -0.39 is 0 Å². The fourth-order valence-corrected chi connectivity index (χ4v) is 3.30. The molecule has 1 N–H and O–H groups in total. The van der Waals surface area contributed by atoms with E-state index >= 15 is 0 Å². The molecular weight excluding hydrogens is 314 g/mol. The molecule has 1 fully saturated rings. The lowest BCUT2D eigenvalue weighted by Gasteiger charge is -2.07. The van der Waals surface area contributed by atoms with Crippen molar-refractivity contribution in [2.75, 3.05) is 6.54 Å². The van der Waals surface area contributed by atoms with Gasteiger partial charge in [0.1, 0.15) is 11.3 Å². The first kappa shape index (κ1) is 14.2. The lowest BCUT2D eigenvalue weighted by Crippen LogP contribution is -2.19. The zero-order valence-electron chi connectivity index (χ0n) is 12.4. The summed E-state index contributed by atoms with van der Waals surface area (Å²) in [4.78, 5) is 0. The molecule has 1 aromatic heterocycles. The minimum atomic E-state index is 0.664. The summed E-state index contributed by atoms with van der Waals surface area (Å²) < 4.78 is 7.37.